The number of halogens is 1. The molecule has 2 aromatic rings. The summed E-state index contributed by atoms with van der Waals surface area (Å²) in [5, 5.41) is 4.65. The minimum Gasteiger partial charge on any atom is -0.272 e. The zero-order valence-corrected chi connectivity index (χ0v) is 13.7. The summed E-state index contributed by atoms with van der Waals surface area (Å²) in [6, 6.07) is 8.35. The molecule has 1 aliphatic rings. The zero-order chi connectivity index (χ0) is 15.6. The molecule has 5 nitrogen and oxygen atoms in total. The molecule has 7 heteroatoms. The van der Waals surface area contributed by atoms with Crippen LogP contribution in [0.3, 0.4) is 0 Å². The molecule has 1 aromatic heterocycles. The largest absolute Gasteiger partial charge is 0.272 e. The number of hydrogen-bond acceptors (Lipinski definition) is 3. The number of benzene rings is 1. The molecule has 1 saturated heterocycles. The first-order valence-electron chi connectivity index (χ1n) is 7.29. The second-order valence-corrected chi connectivity index (χ2v) is 7.91. The molecule has 0 amide bonds. The van der Waals surface area contributed by atoms with Gasteiger partial charge >= 0.3 is 0 Å². The van der Waals surface area contributed by atoms with Crippen molar-refractivity contribution in [1.29, 1.82) is 0 Å². The second kappa shape index (κ2) is 6.40. The predicted octanol–water partition coefficient (Wildman–Crippen LogP) is 2.64. The van der Waals surface area contributed by atoms with E-state index >= 15 is 0 Å². The average Bonchev–Trinajstić information content (AvgIpc) is 3.01. The van der Waals surface area contributed by atoms with E-state index in [-0.39, 0.29) is 4.90 Å². The van der Waals surface area contributed by atoms with Crippen LogP contribution in [0.15, 0.2) is 47.6 Å². The van der Waals surface area contributed by atoms with Gasteiger partial charge in [-0.3, -0.25) is 4.68 Å². The van der Waals surface area contributed by atoms with E-state index in [2.05, 4.69) is 5.10 Å². The normalized spacial score (nSPS) is 17.7. The van der Waals surface area contributed by atoms with Gasteiger partial charge in [-0.2, -0.15) is 9.40 Å². The van der Waals surface area contributed by atoms with E-state index in [0.717, 1.165) is 19.4 Å². The number of nitrogens with zero attached hydrogens (tertiary/aromatic N) is 3. The van der Waals surface area contributed by atoms with Crippen molar-refractivity contribution in [3.8, 4) is 0 Å². The Morgan fingerprint density at radius 3 is 2.64 bits per heavy atom. The summed E-state index contributed by atoms with van der Waals surface area (Å²) < 4.78 is 28.7. The Labute approximate surface area is 135 Å². The summed E-state index contributed by atoms with van der Waals surface area (Å²) in [5.41, 5.74) is 0. The van der Waals surface area contributed by atoms with Crippen LogP contribution >= 0.6 is 11.6 Å². The molecule has 0 atom stereocenters. The molecular formula is C15H18ClN3O2S. The van der Waals surface area contributed by atoms with Crippen molar-refractivity contribution in [2.75, 3.05) is 13.1 Å². The highest BCUT2D eigenvalue weighted by Gasteiger charge is 2.29. The number of aromatic nitrogens is 2. The minimum absolute atomic E-state index is 0.269. The molecule has 0 radical (unpaired) electrons. The smallest absolute Gasteiger partial charge is 0.243 e. The van der Waals surface area contributed by atoms with E-state index in [1.807, 2.05) is 16.9 Å². The highest BCUT2D eigenvalue weighted by molar-refractivity contribution is 7.89. The Kier molecular flexibility index (Phi) is 4.52. The Balaban J connectivity index is 1.65. The Hall–Kier alpha value is -1.37. The standard InChI is InChI=1S/C15H18ClN3O2S/c16-14-3-1-4-15(11-14)22(20,21)19-9-5-13(6-10-19)12-18-8-2-7-17-18/h1-4,7-8,11,13H,5-6,9-10,12H2. The first kappa shape index (κ1) is 15.5. The summed E-state index contributed by atoms with van der Waals surface area (Å²) >= 11 is 5.90. The molecule has 0 spiro atoms. The van der Waals surface area contributed by atoms with Crippen LogP contribution in [0, 0.1) is 5.92 Å². The van der Waals surface area contributed by atoms with E-state index in [1.54, 1.807) is 28.7 Å². The van der Waals surface area contributed by atoms with Crippen LogP contribution in [0.25, 0.3) is 0 Å². The first-order chi connectivity index (χ1) is 10.6. The van der Waals surface area contributed by atoms with Gasteiger partial charge in [-0.25, -0.2) is 8.42 Å². The third-order valence-corrected chi connectivity index (χ3v) is 6.14. The Bertz CT molecular complexity index is 723. The van der Waals surface area contributed by atoms with Gasteiger partial charge < -0.3 is 0 Å². The maximum absolute atomic E-state index is 12.6. The Morgan fingerprint density at radius 2 is 2.00 bits per heavy atom. The lowest BCUT2D eigenvalue weighted by Gasteiger charge is -2.31. The molecule has 3 rings (SSSR count). The molecule has 1 aliphatic heterocycles. The van der Waals surface area contributed by atoms with Gasteiger partial charge in [0.2, 0.25) is 10.0 Å². The molecule has 0 N–H and O–H groups in total. The molecule has 2 heterocycles. The fourth-order valence-electron chi connectivity index (χ4n) is 2.78. The van der Waals surface area contributed by atoms with E-state index in [4.69, 9.17) is 11.6 Å². The van der Waals surface area contributed by atoms with Crippen molar-refractivity contribution in [3.05, 3.63) is 47.7 Å². The molecule has 118 valence electrons. The molecule has 22 heavy (non-hydrogen) atoms. The number of hydrogen-bond donors (Lipinski definition) is 0. The van der Waals surface area contributed by atoms with E-state index in [9.17, 15) is 8.42 Å². The third kappa shape index (κ3) is 3.34. The van der Waals surface area contributed by atoms with Gasteiger partial charge in [0.25, 0.3) is 0 Å². The maximum Gasteiger partial charge on any atom is 0.243 e. The number of piperidine rings is 1. The lowest BCUT2D eigenvalue weighted by Crippen LogP contribution is -2.39. The quantitative estimate of drug-likeness (QED) is 0.860. The SMILES string of the molecule is O=S(=O)(c1cccc(Cl)c1)N1CCC(Cn2cccn2)CC1. The van der Waals surface area contributed by atoms with Gasteiger partial charge in [-0.05, 0) is 43.0 Å². The predicted molar refractivity (Wildman–Crippen MR) is 85.2 cm³/mol. The molecule has 0 bridgehead atoms. The van der Waals surface area contributed by atoms with Crippen LogP contribution in [0.2, 0.25) is 5.02 Å². The highest BCUT2D eigenvalue weighted by Crippen LogP contribution is 2.25. The highest BCUT2D eigenvalue weighted by atomic mass is 35.5. The topological polar surface area (TPSA) is 55.2 Å². The van der Waals surface area contributed by atoms with Crippen molar-refractivity contribution in [2.24, 2.45) is 5.92 Å². The van der Waals surface area contributed by atoms with E-state index < -0.39 is 10.0 Å². The van der Waals surface area contributed by atoms with Crippen LogP contribution in [-0.4, -0.2) is 35.6 Å². The summed E-state index contributed by atoms with van der Waals surface area (Å²) in [7, 11) is -3.44. The Morgan fingerprint density at radius 1 is 1.23 bits per heavy atom. The van der Waals surface area contributed by atoms with Gasteiger partial charge in [0.05, 0.1) is 4.90 Å². The number of sulfonamides is 1. The van der Waals surface area contributed by atoms with Gasteiger partial charge in [0.15, 0.2) is 0 Å². The molecule has 0 aliphatic carbocycles. The summed E-state index contributed by atoms with van der Waals surface area (Å²) in [6.45, 7) is 1.93. The lowest BCUT2D eigenvalue weighted by atomic mass is 9.98. The molecule has 1 aromatic carbocycles. The first-order valence-corrected chi connectivity index (χ1v) is 9.10. The van der Waals surface area contributed by atoms with Crippen molar-refractivity contribution in [1.82, 2.24) is 14.1 Å². The maximum atomic E-state index is 12.6. The minimum atomic E-state index is -3.44. The number of rotatable bonds is 4. The van der Waals surface area contributed by atoms with Crippen LogP contribution in [0.4, 0.5) is 0 Å². The zero-order valence-electron chi connectivity index (χ0n) is 12.1. The second-order valence-electron chi connectivity index (χ2n) is 5.53. The molecular weight excluding hydrogens is 322 g/mol. The van der Waals surface area contributed by atoms with Crippen molar-refractivity contribution < 1.29 is 8.42 Å². The van der Waals surface area contributed by atoms with Crippen molar-refractivity contribution in [3.63, 3.8) is 0 Å². The van der Waals surface area contributed by atoms with Crippen LogP contribution in [-0.2, 0) is 16.6 Å². The van der Waals surface area contributed by atoms with Crippen LogP contribution in [0.5, 0.6) is 0 Å². The molecule has 0 saturated carbocycles. The summed E-state index contributed by atoms with van der Waals surface area (Å²) in [6.07, 6.45) is 5.40. The van der Waals surface area contributed by atoms with Crippen molar-refractivity contribution >= 4 is 21.6 Å². The van der Waals surface area contributed by atoms with E-state index in [1.165, 1.54) is 6.07 Å². The monoisotopic (exact) mass is 339 g/mol. The molecule has 1 fully saturated rings. The van der Waals surface area contributed by atoms with Crippen LogP contribution < -0.4 is 0 Å². The van der Waals surface area contributed by atoms with E-state index in [0.29, 0.717) is 24.0 Å². The molecule has 0 unspecified atom stereocenters. The summed E-state index contributed by atoms with van der Waals surface area (Å²) in [5.74, 6) is 0.464. The van der Waals surface area contributed by atoms with Gasteiger partial charge in [-0.1, -0.05) is 17.7 Å². The third-order valence-electron chi connectivity index (χ3n) is 4.01. The van der Waals surface area contributed by atoms with Gasteiger partial charge in [0.1, 0.15) is 0 Å². The summed E-state index contributed by atoms with van der Waals surface area (Å²) in [4.78, 5) is 0.269. The fraction of sp³-hybridized carbons (Fsp3) is 0.400. The van der Waals surface area contributed by atoms with Gasteiger partial charge in [0, 0.05) is 37.1 Å². The fourth-order valence-corrected chi connectivity index (χ4v) is 4.55. The lowest BCUT2D eigenvalue weighted by molar-refractivity contribution is 0.247. The average molecular weight is 340 g/mol. The van der Waals surface area contributed by atoms with Gasteiger partial charge in [-0.15, -0.1) is 0 Å². The van der Waals surface area contributed by atoms with Crippen LogP contribution in [0.1, 0.15) is 12.8 Å². The van der Waals surface area contributed by atoms with Crippen molar-refractivity contribution in [2.45, 2.75) is 24.3 Å².